The Morgan fingerprint density at radius 2 is 1.97 bits per heavy atom. The van der Waals surface area contributed by atoms with E-state index in [1.165, 1.54) is 6.92 Å². The van der Waals surface area contributed by atoms with E-state index in [1.807, 2.05) is 22.8 Å². The maximum Gasteiger partial charge on any atom is 0.417 e. The Bertz CT molecular complexity index is 1130. The van der Waals surface area contributed by atoms with Crippen LogP contribution < -0.4 is 10.6 Å². The van der Waals surface area contributed by atoms with Crippen molar-refractivity contribution in [1.82, 2.24) is 25.4 Å². The van der Waals surface area contributed by atoms with E-state index in [-0.39, 0.29) is 17.1 Å². The normalized spacial score (nSPS) is 11.2. The topological polar surface area (TPSA) is 115 Å². The lowest BCUT2D eigenvalue weighted by Crippen LogP contribution is -2.42. The summed E-state index contributed by atoms with van der Waals surface area (Å²) in [5.74, 6) is -1.65. The molecule has 174 valence electrons. The van der Waals surface area contributed by atoms with Crippen LogP contribution in [-0.2, 0) is 22.1 Å². The molecule has 3 heterocycles. The third kappa shape index (κ3) is 6.38. The lowest BCUT2D eigenvalue weighted by Gasteiger charge is -2.08. The molecule has 33 heavy (non-hydrogen) atoms. The minimum absolute atomic E-state index is 0.00935. The molecule has 0 fully saturated rings. The van der Waals surface area contributed by atoms with Gasteiger partial charge in [-0.25, -0.2) is 19.3 Å². The van der Waals surface area contributed by atoms with Gasteiger partial charge in [0.05, 0.1) is 17.5 Å². The van der Waals surface area contributed by atoms with Crippen molar-refractivity contribution < 1.29 is 32.3 Å². The van der Waals surface area contributed by atoms with Crippen LogP contribution in [0.3, 0.4) is 0 Å². The first-order chi connectivity index (χ1) is 15.6. The first kappa shape index (κ1) is 23.9. The average molecular weight is 481 g/mol. The van der Waals surface area contributed by atoms with Gasteiger partial charge >= 0.3 is 18.2 Å². The molecule has 2 N–H and O–H groups in total. The van der Waals surface area contributed by atoms with Gasteiger partial charge in [-0.1, -0.05) is 6.07 Å². The molecule has 0 saturated carbocycles. The number of hydrogen-bond donors (Lipinski definition) is 2. The fourth-order valence-electron chi connectivity index (χ4n) is 2.69. The number of thiophene rings is 1. The minimum Gasteiger partial charge on any atom is -0.452 e. The van der Waals surface area contributed by atoms with Crippen molar-refractivity contribution in [3.63, 3.8) is 0 Å². The molecule has 0 saturated heterocycles. The summed E-state index contributed by atoms with van der Waals surface area (Å²) in [6.45, 7) is 1.11. The molecule has 0 aromatic carbocycles. The minimum atomic E-state index is -4.53. The number of alkyl halides is 3. The van der Waals surface area contributed by atoms with Crippen LogP contribution in [0, 0.1) is 6.92 Å². The predicted molar refractivity (Wildman–Crippen MR) is 111 cm³/mol. The summed E-state index contributed by atoms with van der Waals surface area (Å²) in [5, 5.41) is 10.4. The van der Waals surface area contributed by atoms with Gasteiger partial charge in [-0.05, 0) is 36.9 Å². The molecule has 3 rings (SSSR count). The highest BCUT2D eigenvalue weighted by atomic mass is 32.1. The molecule has 0 aliphatic rings. The lowest BCUT2D eigenvalue weighted by atomic mass is 10.2. The van der Waals surface area contributed by atoms with E-state index in [0.717, 1.165) is 27.9 Å². The Morgan fingerprint density at radius 1 is 1.18 bits per heavy atom. The fraction of sp³-hybridized carbons (Fsp3) is 0.250. The van der Waals surface area contributed by atoms with Gasteiger partial charge in [0.15, 0.2) is 12.4 Å². The van der Waals surface area contributed by atoms with Crippen molar-refractivity contribution in [1.29, 1.82) is 0 Å². The van der Waals surface area contributed by atoms with Gasteiger partial charge < -0.3 is 10.1 Å². The van der Waals surface area contributed by atoms with Crippen LogP contribution in [0.4, 0.5) is 18.0 Å². The second-order valence-corrected chi connectivity index (χ2v) is 7.70. The number of nitrogens with zero attached hydrogens (tertiary/aromatic N) is 3. The molecular weight excluding hydrogens is 463 g/mol. The standard InChI is InChI=1S/C20H18F3N5O4S/c1-12-15(10-26-28(12)16-5-4-13(9-25-16)20(21,22)23)18(30)32-11-17(29)27-19(31)24-7-6-14-3-2-8-33-14/h2-5,8-10H,6-7,11H2,1H3,(H2,24,27,29,31). The zero-order valence-corrected chi connectivity index (χ0v) is 18.0. The molecule has 9 nitrogen and oxygen atoms in total. The van der Waals surface area contributed by atoms with Gasteiger partial charge in [0, 0.05) is 17.6 Å². The number of pyridine rings is 1. The smallest absolute Gasteiger partial charge is 0.417 e. The molecule has 0 aliphatic heterocycles. The molecular formula is C20H18F3N5O4S. The second-order valence-electron chi connectivity index (χ2n) is 6.67. The predicted octanol–water partition coefficient (Wildman–Crippen LogP) is 2.88. The third-order valence-electron chi connectivity index (χ3n) is 4.35. The monoisotopic (exact) mass is 481 g/mol. The van der Waals surface area contributed by atoms with Gasteiger partial charge in [-0.15, -0.1) is 11.3 Å². The van der Waals surface area contributed by atoms with Crippen molar-refractivity contribution in [3.8, 4) is 5.82 Å². The third-order valence-corrected chi connectivity index (χ3v) is 5.28. The van der Waals surface area contributed by atoms with Crippen molar-refractivity contribution in [2.45, 2.75) is 19.5 Å². The lowest BCUT2D eigenvalue weighted by molar-refractivity contribution is -0.137. The number of amides is 3. The van der Waals surface area contributed by atoms with E-state index < -0.39 is 36.3 Å². The fourth-order valence-corrected chi connectivity index (χ4v) is 3.40. The number of nitrogens with one attached hydrogen (secondary N) is 2. The zero-order chi connectivity index (χ0) is 24.0. The van der Waals surface area contributed by atoms with E-state index in [1.54, 1.807) is 11.3 Å². The summed E-state index contributed by atoms with van der Waals surface area (Å²) >= 11 is 1.55. The van der Waals surface area contributed by atoms with Crippen LogP contribution in [-0.4, -0.2) is 45.8 Å². The van der Waals surface area contributed by atoms with Crippen molar-refractivity contribution in [3.05, 3.63) is 63.7 Å². The van der Waals surface area contributed by atoms with Crippen LogP contribution in [0.2, 0.25) is 0 Å². The molecule has 0 atom stereocenters. The van der Waals surface area contributed by atoms with E-state index in [0.29, 0.717) is 19.2 Å². The molecule has 0 bridgehead atoms. The highest BCUT2D eigenvalue weighted by Crippen LogP contribution is 2.28. The second kappa shape index (κ2) is 10.3. The number of halogens is 3. The van der Waals surface area contributed by atoms with Gasteiger partial charge in [-0.3, -0.25) is 10.1 Å². The molecule has 3 aromatic heterocycles. The number of hydrogen-bond acceptors (Lipinski definition) is 7. The molecule has 0 unspecified atom stereocenters. The van der Waals surface area contributed by atoms with Gasteiger partial charge in [-0.2, -0.15) is 18.3 Å². The Balaban J connectivity index is 1.50. The number of aromatic nitrogens is 3. The summed E-state index contributed by atoms with van der Waals surface area (Å²) in [7, 11) is 0. The summed E-state index contributed by atoms with van der Waals surface area (Å²) in [5.41, 5.74) is -0.679. The highest BCUT2D eigenvalue weighted by molar-refractivity contribution is 7.09. The van der Waals surface area contributed by atoms with Gasteiger partial charge in [0.2, 0.25) is 0 Å². The maximum absolute atomic E-state index is 12.7. The Hall–Kier alpha value is -3.74. The van der Waals surface area contributed by atoms with Crippen molar-refractivity contribution in [2.75, 3.05) is 13.2 Å². The van der Waals surface area contributed by atoms with E-state index in [4.69, 9.17) is 4.74 Å². The van der Waals surface area contributed by atoms with Crippen LogP contribution in [0.25, 0.3) is 5.82 Å². The van der Waals surface area contributed by atoms with Crippen molar-refractivity contribution in [2.24, 2.45) is 0 Å². The van der Waals surface area contributed by atoms with Gasteiger partial charge in [0.25, 0.3) is 5.91 Å². The molecule has 3 amide bonds. The van der Waals surface area contributed by atoms with E-state index in [9.17, 15) is 27.6 Å². The number of rotatable bonds is 7. The van der Waals surface area contributed by atoms with E-state index >= 15 is 0 Å². The zero-order valence-electron chi connectivity index (χ0n) is 17.2. The Morgan fingerprint density at radius 3 is 2.61 bits per heavy atom. The number of carbonyl (C=O) groups excluding carboxylic acids is 3. The first-order valence-corrected chi connectivity index (χ1v) is 10.4. The summed E-state index contributed by atoms with van der Waals surface area (Å²) in [4.78, 5) is 40.6. The molecule has 3 aromatic rings. The first-order valence-electron chi connectivity index (χ1n) is 9.50. The van der Waals surface area contributed by atoms with Crippen LogP contribution in [0.5, 0.6) is 0 Å². The van der Waals surface area contributed by atoms with Crippen LogP contribution in [0.15, 0.2) is 42.0 Å². The SMILES string of the molecule is Cc1c(C(=O)OCC(=O)NC(=O)NCCc2cccs2)cnn1-c1ccc(C(F)(F)F)cn1. The van der Waals surface area contributed by atoms with Crippen LogP contribution in [0.1, 0.15) is 26.5 Å². The van der Waals surface area contributed by atoms with Crippen molar-refractivity contribution >= 4 is 29.2 Å². The maximum atomic E-state index is 12.7. The largest absolute Gasteiger partial charge is 0.452 e. The summed E-state index contributed by atoms with van der Waals surface area (Å²) in [6.07, 6.45) is -2.11. The molecule has 0 spiro atoms. The Labute approximate surface area is 189 Å². The number of esters is 1. The quantitative estimate of drug-likeness (QED) is 0.502. The Kier molecular flexibility index (Phi) is 7.43. The highest BCUT2D eigenvalue weighted by Gasteiger charge is 2.31. The number of urea groups is 1. The van der Waals surface area contributed by atoms with Crippen LogP contribution >= 0.6 is 11.3 Å². The number of carbonyl (C=O) groups is 3. The summed E-state index contributed by atoms with van der Waals surface area (Å²) < 4.78 is 44.1. The number of imide groups is 1. The molecule has 0 aliphatic carbocycles. The van der Waals surface area contributed by atoms with E-state index in [2.05, 4.69) is 15.4 Å². The average Bonchev–Trinajstić information content (AvgIpc) is 3.41. The summed E-state index contributed by atoms with van der Waals surface area (Å²) in [6, 6.07) is 5.06. The molecule has 0 radical (unpaired) electrons. The van der Waals surface area contributed by atoms with Gasteiger partial charge in [0.1, 0.15) is 5.56 Å². The molecule has 13 heteroatoms. The number of ether oxygens (including phenoxy) is 1.